The second kappa shape index (κ2) is 9.20. The predicted octanol–water partition coefficient (Wildman–Crippen LogP) is 4.62. The first kappa shape index (κ1) is 29.6. The fraction of sp³-hybridized carbons (Fsp3) is 1.00. The third-order valence-corrected chi connectivity index (χ3v) is 21.2. The molecule has 0 spiro atoms. The van der Waals surface area contributed by atoms with E-state index in [9.17, 15) is 4.21 Å². The second-order valence-electron chi connectivity index (χ2n) is 11.5. The Morgan fingerprint density at radius 3 is 0.929 bits per heavy atom. The molecule has 0 unspecified atom stereocenters. The van der Waals surface area contributed by atoms with E-state index in [0.29, 0.717) is 0 Å². The van der Waals surface area contributed by atoms with Gasteiger partial charge >= 0.3 is 167 Å². The molecule has 0 bridgehead atoms. The molecule has 0 fully saturated rings. The van der Waals surface area contributed by atoms with Gasteiger partial charge in [-0.3, -0.25) is 4.21 Å². The predicted molar refractivity (Wildman–Crippen MR) is 131 cm³/mol. The minimum absolute atomic E-state index is 0.0407. The first-order valence-corrected chi connectivity index (χ1v) is 19.3. The van der Waals surface area contributed by atoms with Crippen LogP contribution in [-0.4, -0.2) is 78.2 Å². The van der Waals surface area contributed by atoms with Crippen molar-refractivity contribution in [1.82, 2.24) is 10.2 Å². The zero-order chi connectivity index (χ0) is 23.1. The Labute approximate surface area is 193 Å². The number of nitrogens with zero attached hydrogens (tertiary/aromatic N) is 2. The van der Waals surface area contributed by atoms with Crippen molar-refractivity contribution in [2.75, 3.05) is 12.5 Å². The third-order valence-electron chi connectivity index (χ3n) is 3.19. The summed E-state index contributed by atoms with van der Waals surface area (Å²) in [5, 5.41) is 7.92. The molecular weight excluding hydrogens is 540 g/mol. The van der Waals surface area contributed by atoms with Crippen LogP contribution in [-0.2, 0) is 10.8 Å². The minimum atomic E-state index is -1.79. The maximum Gasteiger partial charge on any atom is 0.0148 e. The van der Waals surface area contributed by atoms with Gasteiger partial charge in [0.1, 0.15) is 0 Å². The van der Waals surface area contributed by atoms with Crippen LogP contribution < -0.4 is 10.2 Å². The van der Waals surface area contributed by atoms with E-state index in [-0.39, 0.29) is 22.2 Å². The summed E-state index contributed by atoms with van der Waals surface area (Å²) in [6.45, 7) is 27.4. The number of hydrogen-bond acceptors (Lipinski definition) is 3. The van der Waals surface area contributed by atoms with Crippen LogP contribution in [0, 0.1) is 0 Å². The molecule has 5 nitrogen and oxygen atoms in total. The molecule has 0 radical (unpaired) electrons. The zero-order valence-electron chi connectivity index (χ0n) is 20.4. The van der Waals surface area contributed by atoms with Crippen molar-refractivity contribution in [3.8, 4) is 0 Å². The molecule has 0 aromatic heterocycles. The molecule has 1 aliphatic heterocycles. The maximum atomic E-state index is 9.56. The van der Waals surface area contributed by atoms with Gasteiger partial charge < -0.3 is 0 Å². The summed E-state index contributed by atoms with van der Waals surface area (Å²) in [6.07, 6.45) is 3.28. The van der Waals surface area contributed by atoms with Gasteiger partial charge in [0.25, 0.3) is 0 Å². The summed E-state index contributed by atoms with van der Waals surface area (Å²) in [5.74, 6) is 0. The summed E-state index contributed by atoms with van der Waals surface area (Å²) < 4.78 is 15.0. The summed E-state index contributed by atoms with van der Waals surface area (Å²) in [4.78, 5) is 0. The van der Waals surface area contributed by atoms with Crippen LogP contribution in [0.2, 0.25) is 0 Å². The van der Waals surface area contributed by atoms with Crippen LogP contribution in [0.5, 0.6) is 0 Å². The normalized spacial score (nSPS) is 26.8. The summed E-state index contributed by atoms with van der Waals surface area (Å²) in [6, 6.07) is -3.58. The molecular formula is C18H44N4OP2SSe2. The van der Waals surface area contributed by atoms with Gasteiger partial charge in [-0.2, -0.15) is 0 Å². The molecule has 1 rings (SSSR count). The first-order valence-electron chi connectivity index (χ1n) is 9.54. The van der Waals surface area contributed by atoms with Crippen LogP contribution in [0.3, 0.4) is 0 Å². The van der Waals surface area contributed by atoms with Gasteiger partial charge in [0.2, 0.25) is 0 Å². The molecule has 1 aliphatic rings. The van der Waals surface area contributed by atoms with Crippen LogP contribution in [0.15, 0.2) is 0 Å². The molecule has 0 aromatic carbocycles. The van der Waals surface area contributed by atoms with Crippen molar-refractivity contribution in [2.24, 2.45) is 0 Å². The van der Waals surface area contributed by atoms with Crippen LogP contribution in [0.25, 0.3) is 0 Å². The van der Waals surface area contributed by atoms with Crippen molar-refractivity contribution >= 4 is 54.0 Å². The van der Waals surface area contributed by atoms with Gasteiger partial charge in [0.05, 0.1) is 0 Å². The third kappa shape index (κ3) is 7.92. The Hall–Kier alpha value is 1.57. The quantitative estimate of drug-likeness (QED) is 0.368. The van der Waals surface area contributed by atoms with E-state index < -0.39 is 22.9 Å². The maximum absolute atomic E-state index is 9.56. The van der Waals surface area contributed by atoms with Crippen LogP contribution in [0.4, 0.5) is 0 Å². The molecule has 0 aliphatic carbocycles. The Morgan fingerprint density at radius 2 is 0.821 bits per heavy atom. The standard InChI is InChI=1S/C16H36N4P2Se2.C2H6OS/c1-13(2,3)17-21(23)19(15(7,8)9)22(24,18-14(4,5)6)20(21)16(10,11)12;1-4(2)3/h1-12H3;1-2H3/q-2;/p+2. The van der Waals surface area contributed by atoms with E-state index in [1.54, 1.807) is 12.5 Å². The van der Waals surface area contributed by atoms with Gasteiger partial charge in [-0.25, -0.2) is 0 Å². The molecule has 0 amide bonds. The van der Waals surface area contributed by atoms with Crippen LogP contribution in [0.1, 0.15) is 83.1 Å². The van der Waals surface area contributed by atoms with Crippen molar-refractivity contribution in [2.45, 2.75) is 105 Å². The monoisotopic (exact) mass is 586 g/mol. The number of hydrogen-bond donors (Lipinski definition) is 2. The van der Waals surface area contributed by atoms with Crippen molar-refractivity contribution in [3.05, 3.63) is 0 Å². The molecule has 1 heterocycles. The zero-order valence-corrected chi connectivity index (χ0v) is 26.5. The Bertz CT molecular complexity index is 647. The molecule has 0 aromatic rings. The summed E-state index contributed by atoms with van der Waals surface area (Å²) >= 11 is 7.24. The molecule has 10 heteroatoms. The summed E-state index contributed by atoms with van der Waals surface area (Å²) in [7, 11) is -0.611. The Balaban J connectivity index is 0.00000165. The van der Waals surface area contributed by atoms with Crippen molar-refractivity contribution < 1.29 is 12.4 Å². The largest absolute Gasteiger partial charge is 0.260 e. The Kier molecular flexibility index (Phi) is 9.72. The minimum Gasteiger partial charge on any atom is -0.260 e. The Morgan fingerprint density at radius 1 is 0.643 bits per heavy atom. The van der Waals surface area contributed by atoms with Gasteiger partial charge in [-0.1, -0.05) is 0 Å². The molecule has 28 heavy (non-hydrogen) atoms. The van der Waals surface area contributed by atoms with Gasteiger partial charge in [0.15, 0.2) is 0 Å². The fourth-order valence-corrected chi connectivity index (χ4v) is 34.3. The second-order valence-corrected chi connectivity index (χ2v) is 24.2. The first-order chi connectivity index (χ1) is 11.9. The summed E-state index contributed by atoms with van der Waals surface area (Å²) in [5.41, 5.74) is 0.185. The smallest absolute Gasteiger partial charge is 0.0148 e. The average molecular weight is 585 g/mol. The van der Waals surface area contributed by atoms with Gasteiger partial charge in [-0.05, 0) is 0 Å². The van der Waals surface area contributed by atoms with E-state index in [1.165, 1.54) is 0 Å². The average Bonchev–Trinajstić information content (AvgIpc) is 2.13. The van der Waals surface area contributed by atoms with Crippen molar-refractivity contribution in [3.63, 3.8) is 0 Å². The molecule has 170 valence electrons. The van der Waals surface area contributed by atoms with E-state index >= 15 is 0 Å². The van der Waals surface area contributed by atoms with E-state index in [1.807, 2.05) is 0 Å². The SMILES string of the molecule is CC(C)(C)NP1([Se-])=[N+](C(C)(C)C)P([Se-])(NC(C)(C)C)=[N+]1C(C)(C)C.CS(C)=O. The number of rotatable bonds is 2. The van der Waals surface area contributed by atoms with Gasteiger partial charge in [-0.15, -0.1) is 0 Å². The topological polar surface area (TPSA) is 47.1 Å². The van der Waals surface area contributed by atoms with E-state index in [0.717, 1.165) is 0 Å². The van der Waals surface area contributed by atoms with Gasteiger partial charge in [0, 0.05) is 23.3 Å². The van der Waals surface area contributed by atoms with Crippen molar-refractivity contribution in [1.29, 1.82) is 0 Å². The van der Waals surface area contributed by atoms with Crippen LogP contribution >= 0.6 is 12.1 Å². The van der Waals surface area contributed by atoms with E-state index in [4.69, 9.17) is 0 Å². The molecule has 0 saturated carbocycles. The molecule has 0 saturated heterocycles. The number of nitrogens with one attached hydrogen (secondary N) is 2. The molecule has 2 N–H and O–H groups in total. The molecule has 0 atom stereocenters. The van der Waals surface area contributed by atoms with E-state index in [2.05, 4.69) is 133 Å². The fourth-order valence-electron chi connectivity index (χ4n) is 3.15.